The molecule has 4 nitrogen and oxygen atoms in total. The second-order valence-corrected chi connectivity index (χ2v) is 9.19. The molecule has 0 spiro atoms. The van der Waals surface area contributed by atoms with Crippen molar-refractivity contribution < 1.29 is 14.7 Å². The van der Waals surface area contributed by atoms with Crippen LogP contribution in [0.1, 0.15) is 0 Å². The summed E-state index contributed by atoms with van der Waals surface area (Å²) < 4.78 is 0. The molecule has 0 atom stereocenters. The Morgan fingerprint density at radius 2 is 2.09 bits per heavy atom. The SMILES string of the molecule is C[Si](C)(C)CCONC(=O)O. The van der Waals surface area contributed by atoms with Crippen molar-refractivity contribution in [3.63, 3.8) is 0 Å². The fourth-order valence-electron chi connectivity index (χ4n) is 0.470. The number of amides is 1. The summed E-state index contributed by atoms with van der Waals surface area (Å²) in [6.45, 7) is 7.09. The van der Waals surface area contributed by atoms with Crippen molar-refractivity contribution in [1.29, 1.82) is 0 Å². The Morgan fingerprint density at radius 1 is 1.55 bits per heavy atom. The minimum atomic E-state index is -1.14. The fraction of sp³-hybridized carbons (Fsp3) is 0.833. The second kappa shape index (κ2) is 4.35. The minimum absolute atomic E-state index is 0.474. The van der Waals surface area contributed by atoms with Crippen molar-refractivity contribution in [2.24, 2.45) is 0 Å². The van der Waals surface area contributed by atoms with E-state index in [0.29, 0.717) is 6.61 Å². The zero-order chi connectivity index (χ0) is 8.91. The van der Waals surface area contributed by atoms with Gasteiger partial charge in [-0.2, -0.15) is 5.48 Å². The molecule has 0 saturated heterocycles. The Balaban J connectivity index is 3.22. The van der Waals surface area contributed by atoms with Gasteiger partial charge in [0.2, 0.25) is 0 Å². The van der Waals surface area contributed by atoms with Gasteiger partial charge in [0.25, 0.3) is 0 Å². The monoisotopic (exact) mass is 177 g/mol. The normalized spacial score (nSPS) is 11.2. The Morgan fingerprint density at radius 3 is 2.45 bits per heavy atom. The predicted octanol–water partition coefficient (Wildman–Crippen LogP) is 1.52. The number of carbonyl (C=O) groups is 1. The highest BCUT2D eigenvalue weighted by Crippen LogP contribution is 2.06. The lowest BCUT2D eigenvalue weighted by Crippen LogP contribution is -2.27. The van der Waals surface area contributed by atoms with E-state index in [1.807, 2.05) is 5.48 Å². The van der Waals surface area contributed by atoms with Gasteiger partial charge in [-0.15, -0.1) is 0 Å². The van der Waals surface area contributed by atoms with E-state index in [0.717, 1.165) is 6.04 Å². The molecule has 0 aromatic carbocycles. The molecule has 0 aromatic heterocycles. The van der Waals surface area contributed by atoms with Gasteiger partial charge in [0.1, 0.15) is 0 Å². The van der Waals surface area contributed by atoms with Gasteiger partial charge in [-0.1, -0.05) is 19.6 Å². The van der Waals surface area contributed by atoms with E-state index < -0.39 is 14.2 Å². The predicted molar refractivity (Wildman–Crippen MR) is 45.3 cm³/mol. The summed E-state index contributed by atoms with van der Waals surface area (Å²) in [6.07, 6.45) is -1.14. The molecule has 0 aromatic rings. The van der Waals surface area contributed by atoms with E-state index >= 15 is 0 Å². The largest absolute Gasteiger partial charge is 0.464 e. The Kier molecular flexibility index (Phi) is 4.13. The summed E-state index contributed by atoms with van der Waals surface area (Å²) in [5, 5.41) is 8.12. The van der Waals surface area contributed by atoms with Crippen LogP contribution in [0.3, 0.4) is 0 Å². The summed E-state index contributed by atoms with van der Waals surface area (Å²) in [6, 6.07) is 0.966. The average molecular weight is 177 g/mol. The summed E-state index contributed by atoms with van der Waals surface area (Å²) >= 11 is 0. The number of hydrogen-bond donors (Lipinski definition) is 2. The molecule has 2 N–H and O–H groups in total. The topological polar surface area (TPSA) is 58.6 Å². The number of rotatable bonds is 4. The van der Waals surface area contributed by atoms with Crippen molar-refractivity contribution in [2.75, 3.05) is 6.61 Å². The molecular weight excluding hydrogens is 162 g/mol. The molecule has 1 amide bonds. The zero-order valence-electron chi connectivity index (χ0n) is 7.18. The second-order valence-electron chi connectivity index (χ2n) is 3.57. The third-order valence-electron chi connectivity index (χ3n) is 1.11. The molecule has 0 aliphatic heterocycles. The fourth-order valence-corrected chi connectivity index (χ4v) is 1.18. The first-order valence-corrected chi connectivity index (χ1v) is 7.23. The van der Waals surface area contributed by atoms with Gasteiger partial charge >= 0.3 is 6.09 Å². The van der Waals surface area contributed by atoms with Crippen molar-refractivity contribution in [3.8, 4) is 0 Å². The van der Waals surface area contributed by atoms with Crippen LogP contribution in [0.2, 0.25) is 25.7 Å². The van der Waals surface area contributed by atoms with Crippen LogP contribution in [0.15, 0.2) is 0 Å². The van der Waals surface area contributed by atoms with Gasteiger partial charge in [0.15, 0.2) is 0 Å². The number of hydrogen-bond acceptors (Lipinski definition) is 2. The first-order chi connectivity index (χ1) is 4.92. The van der Waals surface area contributed by atoms with Crippen molar-refractivity contribution in [3.05, 3.63) is 0 Å². The maximum absolute atomic E-state index is 9.90. The van der Waals surface area contributed by atoms with Gasteiger partial charge < -0.3 is 5.11 Å². The maximum atomic E-state index is 9.90. The van der Waals surface area contributed by atoms with Crippen LogP contribution in [0.5, 0.6) is 0 Å². The molecule has 0 bridgehead atoms. The van der Waals surface area contributed by atoms with Gasteiger partial charge in [-0.05, 0) is 6.04 Å². The van der Waals surface area contributed by atoms with Gasteiger partial charge in [-0.3, -0.25) is 4.84 Å². The van der Waals surface area contributed by atoms with Crippen LogP contribution < -0.4 is 5.48 Å². The van der Waals surface area contributed by atoms with E-state index in [1.165, 1.54) is 0 Å². The molecule has 0 aliphatic rings. The van der Waals surface area contributed by atoms with Gasteiger partial charge in [0.05, 0.1) is 6.61 Å². The van der Waals surface area contributed by atoms with Crippen LogP contribution in [0.25, 0.3) is 0 Å². The van der Waals surface area contributed by atoms with E-state index in [-0.39, 0.29) is 0 Å². The van der Waals surface area contributed by atoms with E-state index in [9.17, 15) is 4.79 Å². The van der Waals surface area contributed by atoms with Crippen molar-refractivity contribution in [2.45, 2.75) is 25.7 Å². The summed E-state index contributed by atoms with van der Waals surface area (Å²) in [5.41, 5.74) is 1.86. The van der Waals surface area contributed by atoms with Crippen LogP contribution in [0, 0.1) is 0 Å². The lowest BCUT2D eigenvalue weighted by Gasteiger charge is -2.14. The molecule has 0 heterocycles. The highest BCUT2D eigenvalue weighted by Gasteiger charge is 2.12. The van der Waals surface area contributed by atoms with Crippen LogP contribution in [0.4, 0.5) is 4.79 Å². The van der Waals surface area contributed by atoms with E-state index in [4.69, 9.17) is 5.11 Å². The highest BCUT2D eigenvalue weighted by molar-refractivity contribution is 6.76. The van der Waals surface area contributed by atoms with Crippen LogP contribution >= 0.6 is 0 Å². The third kappa shape index (κ3) is 9.45. The number of carboxylic acid groups (broad SMARTS) is 1. The molecular formula is C6H15NO3Si. The van der Waals surface area contributed by atoms with Crippen LogP contribution in [-0.2, 0) is 4.84 Å². The first-order valence-electron chi connectivity index (χ1n) is 3.52. The Hall–Kier alpha value is -0.553. The molecule has 0 fully saturated rings. The zero-order valence-corrected chi connectivity index (χ0v) is 8.18. The van der Waals surface area contributed by atoms with Gasteiger partial charge in [0, 0.05) is 8.07 Å². The van der Waals surface area contributed by atoms with Crippen molar-refractivity contribution >= 4 is 14.2 Å². The van der Waals surface area contributed by atoms with E-state index in [1.54, 1.807) is 0 Å². The van der Waals surface area contributed by atoms with E-state index in [2.05, 4.69) is 24.5 Å². The third-order valence-corrected chi connectivity index (χ3v) is 2.82. The van der Waals surface area contributed by atoms with Crippen molar-refractivity contribution in [1.82, 2.24) is 5.48 Å². The quantitative estimate of drug-likeness (QED) is 0.389. The lowest BCUT2D eigenvalue weighted by atomic mass is 10.9. The molecule has 11 heavy (non-hydrogen) atoms. The molecule has 0 aliphatic carbocycles. The van der Waals surface area contributed by atoms with Crippen LogP contribution in [-0.4, -0.2) is 25.9 Å². The standard InChI is InChI=1S/C6H15NO3Si/c1-11(2,3)5-4-10-7-6(8)9/h7H,4-5H2,1-3H3,(H,8,9). The smallest absolute Gasteiger partial charge is 0.428 e. The molecule has 0 radical (unpaired) electrons. The van der Waals surface area contributed by atoms with Gasteiger partial charge in [-0.25, -0.2) is 4.79 Å². The summed E-state index contributed by atoms with van der Waals surface area (Å²) in [7, 11) is -1.09. The summed E-state index contributed by atoms with van der Waals surface area (Å²) in [5.74, 6) is 0. The first kappa shape index (κ1) is 10.4. The molecule has 66 valence electrons. The summed E-state index contributed by atoms with van der Waals surface area (Å²) in [4.78, 5) is 14.6. The maximum Gasteiger partial charge on any atom is 0.428 e. The molecule has 0 unspecified atom stereocenters. The minimum Gasteiger partial charge on any atom is -0.464 e. The number of nitrogens with one attached hydrogen (secondary N) is 1. The average Bonchev–Trinajstić information content (AvgIpc) is 1.78. The lowest BCUT2D eigenvalue weighted by molar-refractivity contribution is 0.0498. The number of hydroxylamine groups is 1. The molecule has 5 heteroatoms. The Labute approximate surface area is 67.5 Å². The molecule has 0 rings (SSSR count). The highest BCUT2D eigenvalue weighted by atomic mass is 28.3. The molecule has 0 saturated carbocycles. The Bertz CT molecular complexity index is 132.